The number of rotatable bonds is 4. The molecular formula is C19H15ClO. The fraction of sp³-hybridized carbons (Fsp3) is 0.105. The van der Waals surface area contributed by atoms with Gasteiger partial charge in [-0.15, -0.1) is 0 Å². The fourth-order valence-electron chi connectivity index (χ4n) is 1.76. The SMILES string of the molecule is O=C(C#Cc1ccccc1)CC/C=C/c1ccccc1Cl. The predicted octanol–water partition coefficient (Wildman–Crippen LogP) is 4.75. The first-order chi connectivity index (χ1) is 10.3. The summed E-state index contributed by atoms with van der Waals surface area (Å²) in [6, 6.07) is 17.1. The van der Waals surface area contributed by atoms with Crippen molar-refractivity contribution in [2.45, 2.75) is 12.8 Å². The number of Topliss-reactive ketones (excluding diaryl/α,β-unsaturated/α-hetero) is 1. The monoisotopic (exact) mass is 294 g/mol. The Balaban J connectivity index is 1.83. The van der Waals surface area contributed by atoms with E-state index in [1.165, 1.54) is 0 Å². The number of hydrogen-bond acceptors (Lipinski definition) is 1. The van der Waals surface area contributed by atoms with Crippen LogP contribution in [0.1, 0.15) is 24.0 Å². The van der Waals surface area contributed by atoms with E-state index >= 15 is 0 Å². The molecule has 21 heavy (non-hydrogen) atoms. The van der Waals surface area contributed by atoms with Gasteiger partial charge in [-0.05, 0) is 36.1 Å². The second kappa shape index (κ2) is 8.09. The van der Waals surface area contributed by atoms with Crippen LogP contribution in [0.2, 0.25) is 5.02 Å². The average Bonchev–Trinajstić information content (AvgIpc) is 2.52. The number of allylic oxidation sites excluding steroid dienone is 1. The lowest BCUT2D eigenvalue weighted by Gasteiger charge is -1.95. The lowest BCUT2D eigenvalue weighted by molar-refractivity contribution is -0.113. The summed E-state index contributed by atoms with van der Waals surface area (Å²) in [6.07, 6.45) is 4.96. The van der Waals surface area contributed by atoms with Crippen LogP contribution in [0.25, 0.3) is 6.08 Å². The minimum absolute atomic E-state index is 0.0531. The Kier molecular flexibility index (Phi) is 5.82. The van der Waals surface area contributed by atoms with Crippen LogP contribution < -0.4 is 0 Å². The first-order valence-corrected chi connectivity index (χ1v) is 7.14. The van der Waals surface area contributed by atoms with Gasteiger partial charge in [0.15, 0.2) is 0 Å². The minimum Gasteiger partial charge on any atom is -0.285 e. The summed E-state index contributed by atoms with van der Waals surface area (Å²) in [5.74, 6) is 5.47. The summed E-state index contributed by atoms with van der Waals surface area (Å²) in [7, 11) is 0. The van der Waals surface area contributed by atoms with Crippen LogP contribution >= 0.6 is 11.6 Å². The summed E-state index contributed by atoms with van der Waals surface area (Å²) in [4.78, 5) is 11.7. The van der Waals surface area contributed by atoms with Crippen molar-refractivity contribution in [1.82, 2.24) is 0 Å². The Morgan fingerprint density at radius 2 is 1.76 bits per heavy atom. The number of benzene rings is 2. The van der Waals surface area contributed by atoms with E-state index in [4.69, 9.17) is 11.6 Å². The van der Waals surface area contributed by atoms with E-state index in [2.05, 4.69) is 11.8 Å². The summed E-state index contributed by atoms with van der Waals surface area (Å²) in [6.45, 7) is 0. The van der Waals surface area contributed by atoms with Crippen LogP contribution in [0.5, 0.6) is 0 Å². The Morgan fingerprint density at radius 1 is 1.05 bits per heavy atom. The van der Waals surface area contributed by atoms with Gasteiger partial charge in [-0.1, -0.05) is 66.1 Å². The van der Waals surface area contributed by atoms with Crippen LogP contribution in [0.4, 0.5) is 0 Å². The molecule has 0 bridgehead atoms. The zero-order valence-electron chi connectivity index (χ0n) is 11.6. The molecule has 0 fully saturated rings. The summed E-state index contributed by atoms with van der Waals surface area (Å²) < 4.78 is 0. The Morgan fingerprint density at radius 3 is 2.52 bits per heavy atom. The van der Waals surface area contributed by atoms with Gasteiger partial charge in [0, 0.05) is 17.0 Å². The molecule has 0 aliphatic heterocycles. The molecule has 0 saturated carbocycles. The van der Waals surface area contributed by atoms with Gasteiger partial charge in [-0.3, -0.25) is 4.79 Å². The summed E-state index contributed by atoms with van der Waals surface area (Å²) in [5.41, 5.74) is 1.82. The standard InChI is InChI=1S/C19H15ClO/c20-19-13-7-5-11-17(19)10-4-6-12-18(21)15-14-16-8-2-1-3-9-16/h1-5,7-11,13H,6,12H2/b10-4+. The second-order valence-corrected chi connectivity index (χ2v) is 4.91. The number of carbonyl (C=O) groups excluding carboxylic acids is 1. The first-order valence-electron chi connectivity index (χ1n) is 6.76. The number of hydrogen-bond donors (Lipinski definition) is 0. The van der Waals surface area contributed by atoms with Crippen molar-refractivity contribution < 1.29 is 4.79 Å². The van der Waals surface area contributed by atoms with E-state index in [0.29, 0.717) is 17.9 Å². The molecule has 104 valence electrons. The van der Waals surface area contributed by atoms with E-state index < -0.39 is 0 Å². The highest BCUT2D eigenvalue weighted by Crippen LogP contribution is 2.16. The molecule has 0 N–H and O–H groups in total. The summed E-state index contributed by atoms with van der Waals surface area (Å²) >= 11 is 6.04. The van der Waals surface area contributed by atoms with Crippen molar-refractivity contribution in [3.63, 3.8) is 0 Å². The molecule has 0 aliphatic carbocycles. The highest BCUT2D eigenvalue weighted by atomic mass is 35.5. The fourth-order valence-corrected chi connectivity index (χ4v) is 1.96. The molecule has 0 radical (unpaired) electrons. The third-order valence-electron chi connectivity index (χ3n) is 2.86. The van der Waals surface area contributed by atoms with E-state index in [1.54, 1.807) is 0 Å². The molecule has 2 aromatic rings. The zero-order chi connectivity index (χ0) is 14.9. The van der Waals surface area contributed by atoms with Crippen LogP contribution in [0.15, 0.2) is 60.7 Å². The van der Waals surface area contributed by atoms with Gasteiger partial charge < -0.3 is 0 Å². The average molecular weight is 295 g/mol. The molecule has 0 unspecified atom stereocenters. The van der Waals surface area contributed by atoms with Crippen molar-refractivity contribution in [3.05, 3.63) is 76.8 Å². The minimum atomic E-state index is -0.0531. The molecule has 2 aromatic carbocycles. The molecule has 0 aromatic heterocycles. The van der Waals surface area contributed by atoms with Crippen molar-refractivity contribution in [3.8, 4) is 11.8 Å². The molecule has 2 heteroatoms. The van der Waals surface area contributed by atoms with Crippen molar-refractivity contribution in [2.75, 3.05) is 0 Å². The van der Waals surface area contributed by atoms with Crippen LogP contribution in [0.3, 0.4) is 0 Å². The van der Waals surface area contributed by atoms with Gasteiger partial charge in [0.25, 0.3) is 0 Å². The van der Waals surface area contributed by atoms with E-state index in [1.807, 2.05) is 66.7 Å². The predicted molar refractivity (Wildman–Crippen MR) is 88.0 cm³/mol. The van der Waals surface area contributed by atoms with Crippen molar-refractivity contribution in [1.29, 1.82) is 0 Å². The number of carbonyl (C=O) groups is 1. The van der Waals surface area contributed by atoms with Crippen molar-refractivity contribution >= 4 is 23.5 Å². The third-order valence-corrected chi connectivity index (χ3v) is 3.20. The maximum Gasteiger partial charge on any atom is 0.206 e. The maximum atomic E-state index is 11.7. The molecule has 0 atom stereocenters. The smallest absolute Gasteiger partial charge is 0.206 e. The first kappa shape index (κ1) is 15.1. The lowest BCUT2D eigenvalue weighted by atomic mass is 10.1. The number of halogens is 1. The van der Waals surface area contributed by atoms with Gasteiger partial charge in [0.1, 0.15) is 0 Å². The molecule has 2 rings (SSSR count). The highest BCUT2D eigenvalue weighted by molar-refractivity contribution is 6.32. The van der Waals surface area contributed by atoms with Gasteiger partial charge in [0.2, 0.25) is 5.78 Å². The largest absolute Gasteiger partial charge is 0.285 e. The van der Waals surface area contributed by atoms with Gasteiger partial charge >= 0.3 is 0 Å². The number of ketones is 1. The van der Waals surface area contributed by atoms with Crippen molar-refractivity contribution in [2.24, 2.45) is 0 Å². The Hall–Kier alpha value is -2.30. The van der Waals surface area contributed by atoms with Crippen LogP contribution in [-0.2, 0) is 4.79 Å². The molecule has 0 spiro atoms. The summed E-state index contributed by atoms with van der Waals surface area (Å²) in [5, 5.41) is 0.712. The van der Waals surface area contributed by atoms with Gasteiger partial charge in [0.05, 0.1) is 0 Å². The molecule has 0 aliphatic rings. The highest BCUT2D eigenvalue weighted by Gasteiger charge is 1.96. The maximum absolute atomic E-state index is 11.7. The molecule has 1 nitrogen and oxygen atoms in total. The van der Waals surface area contributed by atoms with Gasteiger partial charge in [-0.2, -0.15) is 0 Å². The van der Waals surface area contributed by atoms with Crippen LogP contribution in [0, 0.1) is 11.8 Å². The van der Waals surface area contributed by atoms with E-state index in [-0.39, 0.29) is 5.78 Å². The topological polar surface area (TPSA) is 17.1 Å². The van der Waals surface area contributed by atoms with E-state index in [0.717, 1.165) is 11.1 Å². The lowest BCUT2D eigenvalue weighted by Crippen LogP contribution is -1.91. The molecule has 0 amide bonds. The second-order valence-electron chi connectivity index (χ2n) is 4.50. The quantitative estimate of drug-likeness (QED) is 0.743. The third kappa shape index (κ3) is 5.30. The van der Waals surface area contributed by atoms with E-state index in [9.17, 15) is 4.79 Å². The Labute approximate surface area is 130 Å². The normalized spacial score (nSPS) is 10.1. The Bertz CT molecular complexity index is 690. The van der Waals surface area contributed by atoms with Gasteiger partial charge in [-0.25, -0.2) is 0 Å². The molecule has 0 heterocycles. The molecular weight excluding hydrogens is 280 g/mol. The van der Waals surface area contributed by atoms with Crippen LogP contribution in [-0.4, -0.2) is 5.78 Å². The zero-order valence-corrected chi connectivity index (χ0v) is 12.3. The molecule has 0 saturated heterocycles.